The van der Waals surface area contributed by atoms with Crippen molar-refractivity contribution in [1.29, 1.82) is 0 Å². The molecule has 0 heterocycles. The molecule has 136 valence electrons. The summed E-state index contributed by atoms with van der Waals surface area (Å²) in [5.74, 6) is 1.69. The standard InChI is InChI=1S/C18H29N3O2.HI/c1-19-18(20-12-5-13-23-17-6-3-4-7-17)21-14-15-8-10-16(22-2)11-9-15;/h8-11,17H,3-7,12-14H2,1-2H3,(H2,19,20,21);1H. The molecule has 1 saturated carbocycles. The fourth-order valence-electron chi connectivity index (χ4n) is 2.73. The van der Waals surface area contributed by atoms with Crippen molar-refractivity contribution in [3.63, 3.8) is 0 Å². The fourth-order valence-corrected chi connectivity index (χ4v) is 2.73. The molecule has 24 heavy (non-hydrogen) atoms. The molecule has 1 aromatic rings. The van der Waals surface area contributed by atoms with Crippen molar-refractivity contribution in [1.82, 2.24) is 10.6 Å². The second-order valence-corrected chi connectivity index (χ2v) is 5.83. The predicted octanol–water partition coefficient (Wildman–Crippen LogP) is 3.33. The number of aliphatic imine (C=N–C) groups is 1. The van der Waals surface area contributed by atoms with E-state index < -0.39 is 0 Å². The molecule has 1 aromatic carbocycles. The first-order valence-corrected chi connectivity index (χ1v) is 8.51. The van der Waals surface area contributed by atoms with E-state index in [0.29, 0.717) is 6.10 Å². The van der Waals surface area contributed by atoms with Crippen molar-refractivity contribution in [2.45, 2.75) is 44.8 Å². The topological polar surface area (TPSA) is 54.9 Å². The van der Waals surface area contributed by atoms with Gasteiger partial charge in [0.2, 0.25) is 0 Å². The summed E-state index contributed by atoms with van der Waals surface area (Å²) in [5.41, 5.74) is 1.19. The minimum Gasteiger partial charge on any atom is -0.497 e. The van der Waals surface area contributed by atoms with E-state index in [1.807, 2.05) is 12.1 Å². The summed E-state index contributed by atoms with van der Waals surface area (Å²) in [5, 5.41) is 6.63. The lowest BCUT2D eigenvalue weighted by Gasteiger charge is -2.14. The summed E-state index contributed by atoms with van der Waals surface area (Å²) >= 11 is 0. The van der Waals surface area contributed by atoms with Crippen molar-refractivity contribution in [3.05, 3.63) is 29.8 Å². The second-order valence-electron chi connectivity index (χ2n) is 5.83. The predicted molar refractivity (Wildman–Crippen MR) is 109 cm³/mol. The Balaban J connectivity index is 0.00000288. The number of hydrogen-bond donors (Lipinski definition) is 2. The molecular weight excluding hydrogens is 417 g/mol. The van der Waals surface area contributed by atoms with Crippen LogP contribution >= 0.6 is 24.0 Å². The van der Waals surface area contributed by atoms with Gasteiger partial charge >= 0.3 is 0 Å². The summed E-state index contributed by atoms with van der Waals surface area (Å²) in [6, 6.07) is 8.03. The summed E-state index contributed by atoms with van der Waals surface area (Å²) in [4.78, 5) is 4.24. The highest BCUT2D eigenvalue weighted by Crippen LogP contribution is 2.20. The van der Waals surface area contributed by atoms with Crippen LogP contribution in [0.3, 0.4) is 0 Å². The van der Waals surface area contributed by atoms with Gasteiger partial charge in [0.15, 0.2) is 5.96 Å². The Bertz CT molecular complexity index is 474. The normalized spacial score (nSPS) is 15.0. The molecule has 0 bridgehead atoms. The van der Waals surface area contributed by atoms with Crippen LogP contribution in [0.25, 0.3) is 0 Å². The molecule has 0 aliphatic heterocycles. The maximum atomic E-state index is 5.86. The van der Waals surface area contributed by atoms with Gasteiger partial charge in [0.25, 0.3) is 0 Å². The first-order chi connectivity index (χ1) is 11.3. The van der Waals surface area contributed by atoms with Crippen LogP contribution in [0.2, 0.25) is 0 Å². The number of benzene rings is 1. The lowest BCUT2D eigenvalue weighted by atomic mass is 10.2. The number of guanidine groups is 1. The molecule has 0 aromatic heterocycles. The van der Waals surface area contributed by atoms with Gasteiger partial charge in [-0.1, -0.05) is 25.0 Å². The molecule has 1 aliphatic carbocycles. The van der Waals surface area contributed by atoms with E-state index in [2.05, 4.69) is 27.8 Å². The molecule has 1 aliphatic rings. The summed E-state index contributed by atoms with van der Waals surface area (Å²) in [6.45, 7) is 2.43. The van der Waals surface area contributed by atoms with Crippen LogP contribution in [-0.4, -0.2) is 39.4 Å². The van der Waals surface area contributed by atoms with E-state index in [1.54, 1.807) is 14.2 Å². The Morgan fingerprint density at radius 2 is 1.88 bits per heavy atom. The van der Waals surface area contributed by atoms with Crippen LogP contribution in [0, 0.1) is 0 Å². The monoisotopic (exact) mass is 447 g/mol. The summed E-state index contributed by atoms with van der Waals surface area (Å²) in [7, 11) is 3.47. The minimum atomic E-state index is 0. The molecule has 0 radical (unpaired) electrons. The largest absolute Gasteiger partial charge is 0.497 e. The number of methoxy groups -OCH3 is 1. The molecule has 0 saturated heterocycles. The smallest absolute Gasteiger partial charge is 0.191 e. The number of ether oxygens (including phenoxy) is 2. The maximum absolute atomic E-state index is 5.86. The third-order valence-electron chi connectivity index (χ3n) is 4.11. The zero-order valence-electron chi connectivity index (χ0n) is 14.7. The third kappa shape index (κ3) is 7.70. The minimum absolute atomic E-state index is 0. The van der Waals surface area contributed by atoms with E-state index >= 15 is 0 Å². The zero-order valence-corrected chi connectivity index (χ0v) is 17.0. The van der Waals surface area contributed by atoms with Gasteiger partial charge in [-0.2, -0.15) is 0 Å². The van der Waals surface area contributed by atoms with Crippen LogP contribution < -0.4 is 15.4 Å². The van der Waals surface area contributed by atoms with Gasteiger partial charge < -0.3 is 20.1 Å². The molecule has 2 rings (SSSR count). The van der Waals surface area contributed by atoms with Crippen molar-refractivity contribution in [2.24, 2.45) is 4.99 Å². The highest BCUT2D eigenvalue weighted by Gasteiger charge is 2.14. The maximum Gasteiger partial charge on any atom is 0.191 e. The van der Waals surface area contributed by atoms with Crippen molar-refractivity contribution in [2.75, 3.05) is 27.3 Å². The zero-order chi connectivity index (χ0) is 16.3. The van der Waals surface area contributed by atoms with E-state index in [9.17, 15) is 0 Å². The highest BCUT2D eigenvalue weighted by atomic mass is 127. The average molecular weight is 447 g/mol. The molecule has 0 spiro atoms. The van der Waals surface area contributed by atoms with Gasteiger partial charge in [0.1, 0.15) is 5.75 Å². The number of nitrogens with zero attached hydrogens (tertiary/aromatic N) is 1. The molecular formula is C18H30IN3O2. The van der Waals surface area contributed by atoms with Gasteiger partial charge in [-0.25, -0.2) is 0 Å². The third-order valence-corrected chi connectivity index (χ3v) is 4.11. The van der Waals surface area contributed by atoms with E-state index in [-0.39, 0.29) is 24.0 Å². The lowest BCUT2D eigenvalue weighted by molar-refractivity contribution is 0.0574. The molecule has 0 atom stereocenters. The Hall–Kier alpha value is -1.02. The first kappa shape index (κ1) is 21.0. The SMILES string of the molecule is CN=C(NCCCOC1CCCC1)NCc1ccc(OC)cc1.I. The Kier molecular flexibility index (Phi) is 10.8. The van der Waals surface area contributed by atoms with Crippen LogP contribution in [0.4, 0.5) is 0 Å². The number of halogens is 1. The van der Waals surface area contributed by atoms with Gasteiger partial charge in [-0.15, -0.1) is 24.0 Å². The molecule has 2 N–H and O–H groups in total. The van der Waals surface area contributed by atoms with Gasteiger partial charge in [-0.3, -0.25) is 4.99 Å². The van der Waals surface area contributed by atoms with Crippen LogP contribution in [0.15, 0.2) is 29.3 Å². The van der Waals surface area contributed by atoms with Gasteiger partial charge in [0, 0.05) is 26.7 Å². The van der Waals surface area contributed by atoms with Crippen molar-refractivity contribution in [3.8, 4) is 5.75 Å². The van der Waals surface area contributed by atoms with Crippen molar-refractivity contribution < 1.29 is 9.47 Å². The molecule has 6 heteroatoms. The van der Waals surface area contributed by atoms with E-state index in [1.165, 1.54) is 31.2 Å². The van der Waals surface area contributed by atoms with E-state index in [4.69, 9.17) is 9.47 Å². The first-order valence-electron chi connectivity index (χ1n) is 8.51. The Morgan fingerprint density at radius 1 is 1.17 bits per heavy atom. The quantitative estimate of drug-likeness (QED) is 0.278. The second kappa shape index (κ2) is 12.4. The van der Waals surface area contributed by atoms with Crippen molar-refractivity contribution >= 4 is 29.9 Å². The van der Waals surface area contributed by atoms with Crippen LogP contribution in [-0.2, 0) is 11.3 Å². The number of nitrogens with one attached hydrogen (secondary N) is 2. The van der Waals surface area contributed by atoms with Gasteiger partial charge in [0.05, 0.1) is 13.2 Å². The number of hydrogen-bond acceptors (Lipinski definition) is 3. The summed E-state index contributed by atoms with van der Waals surface area (Å²) < 4.78 is 11.0. The lowest BCUT2D eigenvalue weighted by Crippen LogP contribution is -2.37. The van der Waals surface area contributed by atoms with Crippen LogP contribution in [0.5, 0.6) is 5.75 Å². The molecule has 0 amide bonds. The Morgan fingerprint density at radius 3 is 2.50 bits per heavy atom. The summed E-state index contributed by atoms with van der Waals surface area (Å²) in [6.07, 6.45) is 6.62. The molecule has 1 fully saturated rings. The fraction of sp³-hybridized carbons (Fsp3) is 0.611. The van der Waals surface area contributed by atoms with E-state index in [0.717, 1.165) is 37.8 Å². The van der Waals surface area contributed by atoms with Gasteiger partial charge in [-0.05, 0) is 37.0 Å². The van der Waals surface area contributed by atoms with Crippen LogP contribution in [0.1, 0.15) is 37.7 Å². The molecule has 5 nitrogen and oxygen atoms in total. The Labute approximate surface area is 162 Å². The number of rotatable bonds is 8. The average Bonchev–Trinajstić information content (AvgIpc) is 3.11. The highest BCUT2D eigenvalue weighted by molar-refractivity contribution is 14.0. The molecule has 0 unspecified atom stereocenters.